The van der Waals surface area contributed by atoms with Crippen LogP contribution in [0.1, 0.15) is 37.8 Å². The molecule has 0 saturated carbocycles. The Morgan fingerprint density at radius 3 is 2.79 bits per heavy atom. The summed E-state index contributed by atoms with van der Waals surface area (Å²) in [5, 5.41) is 13.0. The molecule has 0 fully saturated rings. The molecule has 0 heterocycles. The number of aliphatic hydroxyl groups excluding tert-OH is 1. The first kappa shape index (κ1) is 14.5. The molecule has 0 bridgehead atoms. The highest BCUT2D eigenvalue weighted by Gasteiger charge is 2.36. The van der Waals surface area contributed by atoms with Crippen molar-refractivity contribution >= 4 is 0 Å². The second-order valence-electron chi connectivity index (χ2n) is 5.89. The van der Waals surface area contributed by atoms with Crippen molar-refractivity contribution in [2.45, 2.75) is 44.7 Å². The van der Waals surface area contributed by atoms with Gasteiger partial charge in [-0.25, -0.2) is 0 Å². The van der Waals surface area contributed by atoms with Crippen molar-refractivity contribution in [2.75, 3.05) is 13.2 Å². The smallest absolute Gasteiger partial charge is 0.0563 e. The summed E-state index contributed by atoms with van der Waals surface area (Å²) in [5.74, 6) is 0.234. The molecule has 3 unspecified atom stereocenters. The Labute approximate surface area is 116 Å². The van der Waals surface area contributed by atoms with Crippen LogP contribution < -0.4 is 11.1 Å². The molecular formula is C16H26N2O. The van der Waals surface area contributed by atoms with Crippen LogP contribution in [0.25, 0.3) is 0 Å². The number of aliphatic hydroxyl groups is 1. The van der Waals surface area contributed by atoms with Gasteiger partial charge in [0.25, 0.3) is 0 Å². The first-order chi connectivity index (χ1) is 9.13. The van der Waals surface area contributed by atoms with Gasteiger partial charge in [-0.15, -0.1) is 0 Å². The lowest BCUT2D eigenvalue weighted by atomic mass is 9.75. The zero-order valence-electron chi connectivity index (χ0n) is 12.0. The van der Waals surface area contributed by atoms with Gasteiger partial charge in [0.05, 0.1) is 5.54 Å². The van der Waals surface area contributed by atoms with E-state index < -0.39 is 0 Å². The van der Waals surface area contributed by atoms with E-state index in [0.29, 0.717) is 6.54 Å². The van der Waals surface area contributed by atoms with Gasteiger partial charge in [0.1, 0.15) is 0 Å². The van der Waals surface area contributed by atoms with E-state index in [9.17, 15) is 5.11 Å². The van der Waals surface area contributed by atoms with Crippen molar-refractivity contribution in [1.29, 1.82) is 0 Å². The molecule has 0 spiro atoms. The third-order valence-electron chi connectivity index (χ3n) is 4.58. The van der Waals surface area contributed by atoms with E-state index in [0.717, 1.165) is 12.8 Å². The first-order valence-corrected chi connectivity index (χ1v) is 7.30. The molecule has 2 rings (SSSR count). The van der Waals surface area contributed by atoms with Gasteiger partial charge in [-0.3, -0.25) is 0 Å². The fourth-order valence-corrected chi connectivity index (χ4v) is 3.08. The topological polar surface area (TPSA) is 58.3 Å². The molecule has 3 atom stereocenters. The lowest BCUT2D eigenvalue weighted by molar-refractivity contribution is 0.171. The Balaban J connectivity index is 2.29. The summed E-state index contributed by atoms with van der Waals surface area (Å²) in [7, 11) is 0. The molecule has 1 aromatic rings. The molecule has 4 N–H and O–H groups in total. The van der Waals surface area contributed by atoms with Gasteiger partial charge in [-0.05, 0) is 43.2 Å². The highest BCUT2D eigenvalue weighted by atomic mass is 16.3. The van der Waals surface area contributed by atoms with Gasteiger partial charge in [-0.1, -0.05) is 31.2 Å². The maximum atomic E-state index is 9.32. The number of hydrogen-bond acceptors (Lipinski definition) is 3. The van der Waals surface area contributed by atoms with E-state index in [-0.39, 0.29) is 24.1 Å². The van der Waals surface area contributed by atoms with Crippen molar-refractivity contribution in [2.24, 2.45) is 11.7 Å². The van der Waals surface area contributed by atoms with Crippen LogP contribution in [0, 0.1) is 5.92 Å². The molecular weight excluding hydrogens is 236 g/mol. The van der Waals surface area contributed by atoms with E-state index in [1.165, 1.54) is 17.5 Å². The summed E-state index contributed by atoms with van der Waals surface area (Å²) in [6.45, 7) is 5.01. The second kappa shape index (κ2) is 6.04. The van der Waals surface area contributed by atoms with Crippen LogP contribution >= 0.6 is 0 Å². The van der Waals surface area contributed by atoms with E-state index in [1.54, 1.807) is 0 Å². The molecule has 1 aromatic carbocycles. The average Bonchev–Trinajstić information content (AvgIpc) is 2.46. The number of nitrogens with one attached hydrogen (secondary N) is 1. The Hall–Kier alpha value is -0.900. The zero-order chi connectivity index (χ0) is 13.9. The Morgan fingerprint density at radius 2 is 2.11 bits per heavy atom. The fourth-order valence-electron chi connectivity index (χ4n) is 3.08. The van der Waals surface area contributed by atoms with Gasteiger partial charge < -0.3 is 16.2 Å². The largest absolute Gasteiger partial charge is 0.396 e. The SMILES string of the molecule is CC(CO)C(C)NC1(CN)CCCc2ccccc21. The number of fused-ring (bicyclic) bond motifs is 1. The number of nitrogens with two attached hydrogens (primary N) is 1. The van der Waals surface area contributed by atoms with Crippen LogP contribution in [-0.4, -0.2) is 24.3 Å². The molecule has 3 nitrogen and oxygen atoms in total. The van der Waals surface area contributed by atoms with Gasteiger partial charge in [0.15, 0.2) is 0 Å². The van der Waals surface area contributed by atoms with Gasteiger partial charge >= 0.3 is 0 Å². The van der Waals surface area contributed by atoms with E-state index in [4.69, 9.17) is 5.73 Å². The van der Waals surface area contributed by atoms with E-state index >= 15 is 0 Å². The predicted molar refractivity (Wildman–Crippen MR) is 79.0 cm³/mol. The number of rotatable bonds is 5. The normalized spacial score (nSPS) is 25.7. The van der Waals surface area contributed by atoms with Crippen LogP contribution in [0.15, 0.2) is 24.3 Å². The summed E-state index contributed by atoms with van der Waals surface area (Å²) in [6, 6.07) is 8.85. The summed E-state index contributed by atoms with van der Waals surface area (Å²) in [6.07, 6.45) is 3.38. The Kier molecular flexibility index (Phi) is 4.61. The molecule has 106 valence electrons. The fraction of sp³-hybridized carbons (Fsp3) is 0.625. The molecule has 3 heteroatoms. The second-order valence-corrected chi connectivity index (χ2v) is 5.89. The third-order valence-corrected chi connectivity index (χ3v) is 4.58. The summed E-state index contributed by atoms with van der Waals surface area (Å²) < 4.78 is 0. The van der Waals surface area contributed by atoms with Crippen molar-refractivity contribution in [3.63, 3.8) is 0 Å². The van der Waals surface area contributed by atoms with Crippen molar-refractivity contribution < 1.29 is 5.11 Å². The maximum absolute atomic E-state index is 9.32. The summed E-state index contributed by atoms with van der Waals surface area (Å²) >= 11 is 0. The molecule has 0 amide bonds. The van der Waals surface area contributed by atoms with Crippen molar-refractivity contribution in [3.8, 4) is 0 Å². The van der Waals surface area contributed by atoms with E-state index in [2.05, 4.69) is 43.4 Å². The minimum absolute atomic E-state index is 0.127. The minimum Gasteiger partial charge on any atom is -0.396 e. The number of aryl methyl sites for hydroxylation is 1. The molecule has 0 aromatic heterocycles. The van der Waals surface area contributed by atoms with Gasteiger partial charge in [0, 0.05) is 19.2 Å². The van der Waals surface area contributed by atoms with Gasteiger partial charge in [-0.2, -0.15) is 0 Å². The van der Waals surface area contributed by atoms with Crippen LogP contribution in [0.3, 0.4) is 0 Å². The highest BCUT2D eigenvalue weighted by Crippen LogP contribution is 2.35. The standard InChI is InChI=1S/C16H26N2O/c1-12(10-19)13(2)18-16(11-17)9-5-7-14-6-3-4-8-15(14)16/h3-4,6,8,12-13,18-19H,5,7,9-11,17H2,1-2H3. The van der Waals surface area contributed by atoms with Gasteiger partial charge in [0.2, 0.25) is 0 Å². The lowest BCUT2D eigenvalue weighted by Gasteiger charge is -2.42. The van der Waals surface area contributed by atoms with Crippen molar-refractivity contribution in [3.05, 3.63) is 35.4 Å². The molecule has 0 radical (unpaired) electrons. The Bertz CT molecular complexity index is 421. The monoisotopic (exact) mass is 262 g/mol. The minimum atomic E-state index is -0.127. The van der Waals surface area contributed by atoms with E-state index in [1.807, 2.05) is 0 Å². The molecule has 1 aliphatic carbocycles. The maximum Gasteiger partial charge on any atom is 0.0563 e. The van der Waals surface area contributed by atoms with Crippen LogP contribution in [0.2, 0.25) is 0 Å². The van der Waals surface area contributed by atoms with Crippen LogP contribution in [0.4, 0.5) is 0 Å². The molecule has 0 saturated heterocycles. The van der Waals surface area contributed by atoms with Crippen LogP contribution in [0.5, 0.6) is 0 Å². The average molecular weight is 262 g/mol. The lowest BCUT2D eigenvalue weighted by Crippen LogP contribution is -2.55. The number of benzene rings is 1. The van der Waals surface area contributed by atoms with Crippen LogP contribution in [-0.2, 0) is 12.0 Å². The third kappa shape index (κ3) is 2.83. The quantitative estimate of drug-likeness (QED) is 0.758. The predicted octanol–water partition coefficient (Wildman–Crippen LogP) is 1.78. The Morgan fingerprint density at radius 1 is 1.37 bits per heavy atom. The molecule has 1 aliphatic rings. The van der Waals surface area contributed by atoms with Crippen molar-refractivity contribution in [1.82, 2.24) is 5.32 Å². The molecule has 19 heavy (non-hydrogen) atoms. The highest BCUT2D eigenvalue weighted by molar-refractivity contribution is 5.36. The number of hydrogen-bond donors (Lipinski definition) is 3. The summed E-state index contributed by atoms with van der Waals surface area (Å²) in [4.78, 5) is 0. The first-order valence-electron chi connectivity index (χ1n) is 7.30. The summed E-state index contributed by atoms with van der Waals surface area (Å²) in [5.41, 5.74) is 8.75. The zero-order valence-corrected chi connectivity index (χ0v) is 12.0. The molecule has 0 aliphatic heterocycles.